The van der Waals surface area contributed by atoms with Crippen molar-refractivity contribution in [3.63, 3.8) is 0 Å². The van der Waals surface area contributed by atoms with Gasteiger partial charge in [0, 0.05) is 45.6 Å². The minimum Gasteiger partial charge on any atom is -0.408 e. The zero-order chi connectivity index (χ0) is 19.0. The van der Waals surface area contributed by atoms with Crippen molar-refractivity contribution in [3.05, 3.63) is 40.8 Å². The normalized spacial score (nSPS) is 16.8. The van der Waals surface area contributed by atoms with Crippen LogP contribution in [0.4, 0.5) is 0 Å². The molecule has 0 amide bonds. The van der Waals surface area contributed by atoms with Crippen molar-refractivity contribution in [2.24, 2.45) is 7.05 Å². The van der Waals surface area contributed by atoms with Gasteiger partial charge in [-0.25, -0.2) is 13.1 Å². The van der Waals surface area contributed by atoms with E-state index in [1.165, 1.54) is 4.31 Å². The average Bonchev–Trinajstić information content (AvgIpc) is 3.38. The third kappa shape index (κ3) is 3.78. The van der Waals surface area contributed by atoms with E-state index < -0.39 is 10.0 Å². The predicted octanol–water partition coefficient (Wildman–Crippen LogP) is 2.24. The van der Waals surface area contributed by atoms with E-state index in [1.807, 2.05) is 24.6 Å². The highest BCUT2D eigenvalue weighted by Crippen LogP contribution is 2.23. The van der Waals surface area contributed by atoms with Crippen LogP contribution in [0.2, 0.25) is 0 Å². The summed E-state index contributed by atoms with van der Waals surface area (Å²) in [6.07, 6.45) is 3.36. The summed E-state index contributed by atoms with van der Waals surface area (Å²) in [7, 11) is -1.64. The SMILES string of the molecule is Cn1ccc(S(=O)(=O)N2CCN(Cn3nc(-c4cccs4)oc3=S)CC2)c1. The molecule has 3 aromatic heterocycles. The van der Waals surface area contributed by atoms with Gasteiger partial charge in [0.05, 0.1) is 16.4 Å². The third-order valence-electron chi connectivity index (χ3n) is 4.45. The molecule has 0 unspecified atom stereocenters. The summed E-state index contributed by atoms with van der Waals surface area (Å²) in [6.45, 7) is 2.55. The van der Waals surface area contributed by atoms with Gasteiger partial charge in [-0.05, 0) is 29.7 Å². The van der Waals surface area contributed by atoms with Gasteiger partial charge in [0.2, 0.25) is 10.0 Å². The van der Waals surface area contributed by atoms with Crippen molar-refractivity contribution >= 4 is 33.6 Å². The third-order valence-corrected chi connectivity index (χ3v) is 7.48. The Labute approximate surface area is 166 Å². The molecule has 1 saturated heterocycles. The number of piperazine rings is 1. The smallest absolute Gasteiger partial charge is 0.288 e. The fourth-order valence-corrected chi connectivity index (χ4v) is 5.27. The molecule has 0 bridgehead atoms. The maximum atomic E-state index is 12.7. The van der Waals surface area contributed by atoms with E-state index in [0.29, 0.717) is 48.5 Å². The first-order chi connectivity index (χ1) is 12.9. The number of thiophene rings is 1. The molecule has 1 aliphatic heterocycles. The highest BCUT2D eigenvalue weighted by atomic mass is 32.2. The van der Waals surface area contributed by atoms with E-state index in [4.69, 9.17) is 16.6 Å². The zero-order valence-electron chi connectivity index (χ0n) is 14.7. The van der Waals surface area contributed by atoms with E-state index in [0.717, 1.165) is 4.88 Å². The average molecular weight is 426 g/mol. The lowest BCUT2D eigenvalue weighted by molar-refractivity contribution is 0.143. The Morgan fingerprint density at radius 3 is 2.67 bits per heavy atom. The summed E-state index contributed by atoms with van der Waals surface area (Å²) in [5, 5.41) is 6.40. The molecule has 0 aromatic carbocycles. The van der Waals surface area contributed by atoms with E-state index >= 15 is 0 Å². The molecule has 4 heterocycles. The van der Waals surface area contributed by atoms with Crippen molar-refractivity contribution < 1.29 is 12.8 Å². The number of hydrogen-bond acceptors (Lipinski definition) is 7. The lowest BCUT2D eigenvalue weighted by Crippen LogP contribution is -2.48. The Morgan fingerprint density at radius 1 is 1.26 bits per heavy atom. The first-order valence-corrected chi connectivity index (χ1v) is 11.1. The number of hydrogen-bond donors (Lipinski definition) is 0. The molecule has 0 aliphatic carbocycles. The van der Waals surface area contributed by atoms with Gasteiger partial charge in [0.15, 0.2) is 0 Å². The van der Waals surface area contributed by atoms with Crippen LogP contribution >= 0.6 is 23.6 Å². The lowest BCUT2D eigenvalue weighted by atomic mass is 10.4. The minimum atomic E-state index is -3.45. The topological polar surface area (TPSA) is 76.5 Å². The van der Waals surface area contributed by atoms with E-state index in [1.54, 1.807) is 39.0 Å². The van der Waals surface area contributed by atoms with E-state index in [-0.39, 0.29) is 0 Å². The number of aryl methyl sites for hydroxylation is 1. The van der Waals surface area contributed by atoms with Gasteiger partial charge in [0.1, 0.15) is 0 Å². The Bertz CT molecular complexity index is 1070. The molecule has 3 aromatic rings. The van der Waals surface area contributed by atoms with Gasteiger partial charge < -0.3 is 8.98 Å². The van der Waals surface area contributed by atoms with Crippen molar-refractivity contribution in [2.45, 2.75) is 11.6 Å². The number of aromatic nitrogens is 3. The van der Waals surface area contributed by atoms with Crippen LogP contribution < -0.4 is 0 Å². The molecular weight excluding hydrogens is 406 g/mol. The summed E-state index contributed by atoms with van der Waals surface area (Å²) in [5.41, 5.74) is 0. The molecule has 0 saturated carbocycles. The minimum absolute atomic E-state index is 0.317. The van der Waals surface area contributed by atoms with E-state index in [2.05, 4.69) is 10.00 Å². The van der Waals surface area contributed by atoms with Crippen LogP contribution in [-0.2, 0) is 23.7 Å². The molecule has 8 nitrogen and oxygen atoms in total. The fraction of sp³-hybridized carbons (Fsp3) is 0.375. The summed E-state index contributed by atoms with van der Waals surface area (Å²) in [4.78, 5) is 3.70. The standard InChI is InChI=1S/C16H19N5O3S3/c1-18-5-4-13(11-18)27(22,23)20-8-6-19(7-9-20)12-21-16(25)24-15(17-21)14-3-2-10-26-14/h2-5,10-11H,6-9,12H2,1H3. The Kier molecular flexibility index (Phi) is 5.03. The predicted molar refractivity (Wildman–Crippen MR) is 104 cm³/mol. The van der Waals surface area contributed by atoms with Gasteiger partial charge in [-0.15, -0.1) is 16.4 Å². The second-order valence-corrected chi connectivity index (χ2v) is 9.56. The van der Waals surface area contributed by atoms with Crippen molar-refractivity contribution in [1.29, 1.82) is 0 Å². The Balaban J connectivity index is 1.41. The van der Waals surface area contributed by atoms with Gasteiger partial charge in [-0.3, -0.25) is 4.90 Å². The summed E-state index contributed by atoms with van der Waals surface area (Å²) in [6, 6.07) is 5.50. The van der Waals surface area contributed by atoms with Crippen LogP contribution in [0.25, 0.3) is 10.8 Å². The van der Waals surface area contributed by atoms with Crippen molar-refractivity contribution in [1.82, 2.24) is 23.6 Å². The highest BCUT2D eigenvalue weighted by molar-refractivity contribution is 7.89. The number of sulfonamides is 1. The molecule has 0 spiro atoms. The first-order valence-electron chi connectivity index (χ1n) is 8.40. The molecule has 11 heteroatoms. The highest BCUT2D eigenvalue weighted by Gasteiger charge is 2.29. The van der Waals surface area contributed by atoms with Crippen molar-refractivity contribution in [3.8, 4) is 10.8 Å². The van der Waals surface area contributed by atoms with Crippen LogP contribution in [0, 0.1) is 4.84 Å². The van der Waals surface area contributed by atoms with Crippen LogP contribution in [-0.4, -0.2) is 58.1 Å². The molecule has 0 N–H and O–H groups in total. The monoisotopic (exact) mass is 425 g/mol. The fourth-order valence-electron chi connectivity index (χ4n) is 2.98. The van der Waals surface area contributed by atoms with Gasteiger partial charge >= 0.3 is 0 Å². The second kappa shape index (κ2) is 7.32. The van der Waals surface area contributed by atoms with Gasteiger partial charge in [-0.2, -0.15) is 4.31 Å². The van der Waals surface area contributed by atoms with E-state index in [9.17, 15) is 8.42 Å². The molecule has 1 aliphatic rings. The van der Waals surface area contributed by atoms with Crippen LogP contribution in [0.15, 0.2) is 45.3 Å². The Hall–Kier alpha value is -1.79. The maximum Gasteiger partial charge on any atom is 0.288 e. The maximum absolute atomic E-state index is 12.7. The van der Waals surface area contributed by atoms with Crippen LogP contribution in [0.1, 0.15) is 0 Å². The first kappa shape index (κ1) is 18.6. The Morgan fingerprint density at radius 2 is 2.04 bits per heavy atom. The molecule has 0 radical (unpaired) electrons. The van der Waals surface area contributed by atoms with Crippen molar-refractivity contribution in [2.75, 3.05) is 26.2 Å². The molecule has 4 rings (SSSR count). The molecule has 0 atom stereocenters. The zero-order valence-corrected chi connectivity index (χ0v) is 17.1. The molecule has 144 valence electrons. The lowest BCUT2D eigenvalue weighted by Gasteiger charge is -2.33. The second-order valence-electron chi connectivity index (χ2n) is 6.33. The number of rotatable bonds is 5. The molecule has 27 heavy (non-hydrogen) atoms. The molecule has 1 fully saturated rings. The number of nitrogens with zero attached hydrogens (tertiary/aromatic N) is 5. The summed E-state index contributed by atoms with van der Waals surface area (Å²) < 4.78 is 35.9. The largest absolute Gasteiger partial charge is 0.408 e. The van der Waals surface area contributed by atoms with Crippen LogP contribution in [0.5, 0.6) is 0 Å². The summed E-state index contributed by atoms with van der Waals surface area (Å²) in [5.74, 6) is 0.514. The van der Waals surface area contributed by atoms with Gasteiger partial charge in [0.25, 0.3) is 10.7 Å². The van der Waals surface area contributed by atoms with Gasteiger partial charge in [-0.1, -0.05) is 6.07 Å². The summed E-state index contributed by atoms with van der Waals surface area (Å²) >= 11 is 6.81. The quantitative estimate of drug-likeness (QED) is 0.584. The molecular formula is C16H19N5O3S3. The van der Waals surface area contributed by atoms with Crippen LogP contribution in [0.3, 0.4) is 0 Å².